The van der Waals surface area contributed by atoms with Gasteiger partial charge in [-0.2, -0.15) is 0 Å². The summed E-state index contributed by atoms with van der Waals surface area (Å²) in [6.07, 6.45) is 4.62. The van der Waals surface area contributed by atoms with E-state index in [2.05, 4.69) is 16.8 Å². The second-order valence-electron chi connectivity index (χ2n) is 2.25. The van der Waals surface area contributed by atoms with E-state index in [1.807, 2.05) is 0 Å². The molecule has 64 valence electrons. The lowest BCUT2D eigenvalue weighted by Crippen LogP contribution is -1.87. The molecular formula is C10H7NO2. The molecule has 1 heterocycles. The van der Waals surface area contributed by atoms with Gasteiger partial charge in [0.25, 0.3) is 0 Å². The van der Waals surface area contributed by atoms with Crippen molar-refractivity contribution in [1.29, 1.82) is 0 Å². The van der Waals surface area contributed by atoms with Crippen LogP contribution in [0.2, 0.25) is 0 Å². The third-order valence-electron chi connectivity index (χ3n) is 1.39. The van der Waals surface area contributed by atoms with Crippen molar-refractivity contribution >= 4 is 12.6 Å². The molecule has 0 aliphatic carbocycles. The number of hydrogen-bond donors (Lipinski definition) is 0. The zero-order chi connectivity index (χ0) is 9.52. The molecule has 0 saturated heterocycles. The van der Waals surface area contributed by atoms with Crippen molar-refractivity contribution in [2.24, 2.45) is 0 Å². The van der Waals surface area contributed by atoms with E-state index in [1.54, 1.807) is 6.07 Å². The highest BCUT2D eigenvalue weighted by molar-refractivity contribution is 5.79. The van der Waals surface area contributed by atoms with Crippen LogP contribution in [-0.2, 0) is 4.79 Å². The third-order valence-corrected chi connectivity index (χ3v) is 1.39. The number of carbonyl (C=O) groups is 2. The van der Waals surface area contributed by atoms with Gasteiger partial charge in [0, 0.05) is 18.0 Å². The van der Waals surface area contributed by atoms with E-state index in [0.717, 1.165) is 0 Å². The zero-order valence-corrected chi connectivity index (χ0v) is 6.86. The molecule has 0 amide bonds. The summed E-state index contributed by atoms with van der Waals surface area (Å²) < 4.78 is 0. The first-order chi connectivity index (χ1) is 6.38. The van der Waals surface area contributed by atoms with Gasteiger partial charge >= 0.3 is 0 Å². The number of hydrogen-bond acceptors (Lipinski definition) is 3. The lowest BCUT2D eigenvalue weighted by atomic mass is 10.1. The average molecular weight is 173 g/mol. The fourth-order valence-corrected chi connectivity index (χ4v) is 0.800. The molecule has 13 heavy (non-hydrogen) atoms. The average Bonchev–Trinajstić information content (AvgIpc) is 2.19. The van der Waals surface area contributed by atoms with Crippen molar-refractivity contribution < 1.29 is 9.59 Å². The lowest BCUT2D eigenvalue weighted by Gasteiger charge is -1.92. The van der Waals surface area contributed by atoms with Crippen molar-refractivity contribution in [3.63, 3.8) is 0 Å². The Morgan fingerprint density at radius 1 is 1.46 bits per heavy atom. The van der Waals surface area contributed by atoms with Crippen molar-refractivity contribution in [3.8, 4) is 11.8 Å². The van der Waals surface area contributed by atoms with Gasteiger partial charge in [0.1, 0.15) is 6.29 Å². The summed E-state index contributed by atoms with van der Waals surface area (Å²) in [5.74, 6) is 5.30. The molecule has 3 heteroatoms. The van der Waals surface area contributed by atoms with E-state index in [-0.39, 0.29) is 6.42 Å². The fourth-order valence-electron chi connectivity index (χ4n) is 0.800. The molecule has 3 nitrogen and oxygen atoms in total. The summed E-state index contributed by atoms with van der Waals surface area (Å²) in [7, 11) is 0. The van der Waals surface area contributed by atoms with Crippen molar-refractivity contribution in [2.75, 3.05) is 0 Å². The largest absolute Gasteiger partial charge is 0.302 e. The number of aromatic nitrogens is 1. The van der Waals surface area contributed by atoms with Crippen LogP contribution in [0.5, 0.6) is 0 Å². The minimum Gasteiger partial charge on any atom is -0.302 e. The molecule has 1 rings (SSSR count). The van der Waals surface area contributed by atoms with Gasteiger partial charge in [-0.15, -0.1) is 0 Å². The Morgan fingerprint density at radius 3 is 3.00 bits per heavy atom. The van der Waals surface area contributed by atoms with E-state index in [9.17, 15) is 9.59 Å². The van der Waals surface area contributed by atoms with Crippen LogP contribution in [0.3, 0.4) is 0 Å². The number of aldehydes is 2. The van der Waals surface area contributed by atoms with Gasteiger partial charge < -0.3 is 4.79 Å². The number of carbonyl (C=O) groups excluding carboxylic acids is 2. The van der Waals surface area contributed by atoms with Crippen molar-refractivity contribution in [2.45, 2.75) is 6.42 Å². The summed E-state index contributed by atoms with van der Waals surface area (Å²) in [6.45, 7) is 0. The maximum Gasteiger partial charge on any atom is 0.151 e. The van der Waals surface area contributed by atoms with Gasteiger partial charge in [-0.05, 0) is 6.07 Å². The van der Waals surface area contributed by atoms with Gasteiger partial charge in [0.15, 0.2) is 6.29 Å². The molecule has 0 aromatic carbocycles. The standard InChI is InChI=1S/C10H7NO2/c12-6-2-1-3-9-7-11-5-4-10(9)8-13/h4-8H,2H2. The van der Waals surface area contributed by atoms with Gasteiger partial charge in [-0.1, -0.05) is 11.8 Å². The Kier molecular flexibility index (Phi) is 3.40. The number of rotatable bonds is 2. The van der Waals surface area contributed by atoms with Gasteiger partial charge in [-0.25, -0.2) is 0 Å². The van der Waals surface area contributed by atoms with Crippen LogP contribution < -0.4 is 0 Å². The predicted molar refractivity (Wildman–Crippen MR) is 47.2 cm³/mol. The van der Waals surface area contributed by atoms with E-state index in [4.69, 9.17) is 0 Å². The number of nitrogens with zero attached hydrogens (tertiary/aromatic N) is 1. The van der Waals surface area contributed by atoms with Gasteiger partial charge in [0.05, 0.1) is 12.0 Å². The Bertz CT molecular complexity index is 374. The maximum atomic E-state index is 10.5. The highest BCUT2D eigenvalue weighted by atomic mass is 16.1. The normalized spacial score (nSPS) is 8.31. The first kappa shape index (κ1) is 9.14. The summed E-state index contributed by atoms with van der Waals surface area (Å²) in [4.78, 5) is 24.3. The summed E-state index contributed by atoms with van der Waals surface area (Å²) >= 11 is 0. The van der Waals surface area contributed by atoms with Crippen LogP contribution in [0, 0.1) is 11.8 Å². The minimum absolute atomic E-state index is 0.174. The summed E-state index contributed by atoms with van der Waals surface area (Å²) in [6, 6.07) is 1.58. The molecule has 0 spiro atoms. The second-order valence-corrected chi connectivity index (χ2v) is 2.25. The smallest absolute Gasteiger partial charge is 0.151 e. The molecule has 0 N–H and O–H groups in total. The van der Waals surface area contributed by atoms with Crippen LogP contribution in [-0.4, -0.2) is 17.6 Å². The molecule has 0 saturated carbocycles. The van der Waals surface area contributed by atoms with E-state index >= 15 is 0 Å². The van der Waals surface area contributed by atoms with Crippen molar-refractivity contribution in [3.05, 3.63) is 29.6 Å². The molecule has 0 fully saturated rings. The first-order valence-corrected chi connectivity index (χ1v) is 3.70. The summed E-state index contributed by atoms with van der Waals surface area (Å²) in [5.41, 5.74) is 1.05. The van der Waals surface area contributed by atoms with Gasteiger partial charge in [-0.3, -0.25) is 9.78 Å². The number of pyridine rings is 1. The van der Waals surface area contributed by atoms with Crippen LogP contribution in [0.4, 0.5) is 0 Å². The molecule has 0 unspecified atom stereocenters. The topological polar surface area (TPSA) is 47.0 Å². The van der Waals surface area contributed by atoms with E-state index in [1.165, 1.54) is 12.4 Å². The molecule has 1 aromatic rings. The van der Waals surface area contributed by atoms with E-state index in [0.29, 0.717) is 23.7 Å². The Labute approximate surface area is 75.8 Å². The molecule has 0 aliphatic rings. The SMILES string of the molecule is O=CCC#Cc1cnccc1C=O. The summed E-state index contributed by atoms with van der Waals surface area (Å²) in [5, 5.41) is 0. The highest BCUT2D eigenvalue weighted by Gasteiger charge is 1.95. The third kappa shape index (κ3) is 2.53. The van der Waals surface area contributed by atoms with Gasteiger partial charge in [0.2, 0.25) is 0 Å². The van der Waals surface area contributed by atoms with E-state index < -0.39 is 0 Å². The monoisotopic (exact) mass is 173 g/mol. The van der Waals surface area contributed by atoms with Crippen LogP contribution in [0.25, 0.3) is 0 Å². The van der Waals surface area contributed by atoms with Crippen LogP contribution in [0.15, 0.2) is 18.5 Å². The second kappa shape index (κ2) is 4.83. The van der Waals surface area contributed by atoms with Crippen LogP contribution >= 0.6 is 0 Å². The molecule has 0 aliphatic heterocycles. The van der Waals surface area contributed by atoms with Crippen LogP contribution in [0.1, 0.15) is 22.3 Å². The Morgan fingerprint density at radius 2 is 2.31 bits per heavy atom. The Balaban J connectivity index is 2.94. The predicted octanol–water partition coefficient (Wildman–Crippen LogP) is 0.835. The lowest BCUT2D eigenvalue weighted by molar-refractivity contribution is -0.107. The molecule has 0 bridgehead atoms. The van der Waals surface area contributed by atoms with Crippen molar-refractivity contribution in [1.82, 2.24) is 4.98 Å². The Hall–Kier alpha value is -1.95. The highest BCUT2D eigenvalue weighted by Crippen LogP contribution is 2.01. The molecular weight excluding hydrogens is 166 g/mol. The molecule has 1 aromatic heterocycles. The fraction of sp³-hybridized carbons (Fsp3) is 0.100. The quantitative estimate of drug-likeness (QED) is 0.491. The maximum absolute atomic E-state index is 10.5. The molecule has 0 atom stereocenters. The molecule has 0 radical (unpaired) electrons. The first-order valence-electron chi connectivity index (χ1n) is 3.70. The minimum atomic E-state index is 0.174. The zero-order valence-electron chi connectivity index (χ0n) is 6.86.